The molecule has 0 aliphatic rings. The van der Waals surface area contributed by atoms with E-state index in [2.05, 4.69) is 0 Å². The summed E-state index contributed by atoms with van der Waals surface area (Å²) >= 11 is 0. The van der Waals surface area contributed by atoms with Crippen LogP contribution in [0.15, 0.2) is 65.1 Å². The molecule has 2 aromatic carbocycles. The number of sulfonamides is 1. The number of carboxylic acids is 1. The molecule has 0 atom stereocenters. The summed E-state index contributed by atoms with van der Waals surface area (Å²) in [4.78, 5) is 11.2. The minimum absolute atomic E-state index is 0.110. The van der Waals surface area contributed by atoms with Crippen molar-refractivity contribution in [3.05, 3.63) is 71.3 Å². The van der Waals surface area contributed by atoms with E-state index in [4.69, 9.17) is 5.11 Å². The number of carboxylic acid groups (broad SMARTS) is 1. The van der Waals surface area contributed by atoms with Crippen molar-refractivity contribution in [3.63, 3.8) is 0 Å². The minimum Gasteiger partial charge on any atom is -0.478 e. The van der Waals surface area contributed by atoms with Crippen LogP contribution in [-0.4, -0.2) is 26.0 Å². The Balaban J connectivity index is 2.49. The first kappa shape index (κ1) is 18.7. The SMILES string of the molecule is CC(C)=CCN(c1ccc(C(=O)O)cc1)S(=O)(=O)c1ccc(C)cc1. The number of allylic oxidation sites excluding steroid dienone is 1. The molecule has 6 heteroatoms. The van der Waals surface area contributed by atoms with E-state index in [9.17, 15) is 13.2 Å². The molecule has 0 aliphatic carbocycles. The summed E-state index contributed by atoms with van der Waals surface area (Å²) in [5.74, 6) is -1.05. The van der Waals surface area contributed by atoms with Gasteiger partial charge in [0.25, 0.3) is 10.0 Å². The largest absolute Gasteiger partial charge is 0.478 e. The summed E-state index contributed by atoms with van der Waals surface area (Å²) in [7, 11) is -3.76. The van der Waals surface area contributed by atoms with Gasteiger partial charge in [-0.05, 0) is 57.2 Å². The Kier molecular flexibility index (Phi) is 5.64. The number of aryl methyl sites for hydroxylation is 1. The zero-order valence-electron chi connectivity index (χ0n) is 14.4. The van der Waals surface area contributed by atoms with Crippen LogP contribution >= 0.6 is 0 Å². The van der Waals surface area contributed by atoms with Gasteiger partial charge in [0.05, 0.1) is 22.7 Å². The molecule has 0 aliphatic heterocycles. The highest BCUT2D eigenvalue weighted by molar-refractivity contribution is 7.92. The molecule has 5 nitrogen and oxygen atoms in total. The molecule has 0 spiro atoms. The Hall–Kier alpha value is -2.60. The van der Waals surface area contributed by atoms with Crippen molar-refractivity contribution in [2.45, 2.75) is 25.7 Å². The van der Waals surface area contributed by atoms with E-state index >= 15 is 0 Å². The highest BCUT2D eigenvalue weighted by Gasteiger charge is 2.24. The summed E-state index contributed by atoms with van der Waals surface area (Å²) in [6, 6.07) is 12.5. The number of benzene rings is 2. The van der Waals surface area contributed by atoms with Gasteiger partial charge in [-0.1, -0.05) is 29.3 Å². The van der Waals surface area contributed by atoms with Crippen molar-refractivity contribution in [1.82, 2.24) is 0 Å². The molecule has 0 unspecified atom stereocenters. The second kappa shape index (κ2) is 7.53. The highest BCUT2D eigenvalue weighted by atomic mass is 32.2. The van der Waals surface area contributed by atoms with Gasteiger partial charge in [0.15, 0.2) is 0 Å². The van der Waals surface area contributed by atoms with E-state index < -0.39 is 16.0 Å². The average Bonchev–Trinajstić information content (AvgIpc) is 2.55. The van der Waals surface area contributed by atoms with Gasteiger partial charge in [0.1, 0.15) is 0 Å². The summed E-state index contributed by atoms with van der Waals surface area (Å²) in [6.45, 7) is 5.85. The molecule has 0 fully saturated rings. The average molecular weight is 359 g/mol. The molecule has 25 heavy (non-hydrogen) atoms. The molecule has 132 valence electrons. The van der Waals surface area contributed by atoms with Gasteiger partial charge in [0.2, 0.25) is 0 Å². The number of hydrogen-bond acceptors (Lipinski definition) is 3. The van der Waals surface area contributed by atoms with E-state index in [1.807, 2.05) is 26.8 Å². The lowest BCUT2D eigenvalue weighted by Crippen LogP contribution is -2.31. The summed E-state index contributed by atoms with van der Waals surface area (Å²) in [6.07, 6.45) is 1.82. The maximum absolute atomic E-state index is 13.1. The molecule has 0 radical (unpaired) electrons. The maximum atomic E-state index is 13.1. The van der Waals surface area contributed by atoms with E-state index in [-0.39, 0.29) is 17.0 Å². The quantitative estimate of drug-likeness (QED) is 0.795. The van der Waals surface area contributed by atoms with Crippen molar-refractivity contribution in [2.24, 2.45) is 0 Å². The first-order valence-electron chi connectivity index (χ1n) is 7.78. The highest BCUT2D eigenvalue weighted by Crippen LogP contribution is 2.24. The van der Waals surface area contributed by atoms with Crippen LogP contribution in [0.5, 0.6) is 0 Å². The molecule has 0 saturated carbocycles. The third kappa shape index (κ3) is 4.48. The van der Waals surface area contributed by atoms with Gasteiger partial charge >= 0.3 is 5.97 Å². The number of hydrogen-bond donors (Lipinski definition) is 1. The Labute approximate surface area is 148 Å². The summed E-state index contributed by atoms with van der Waals surface area (Å²) in [5, 5.41) is 9.01. The van der Waals surface area contributed by atoms with E-state index in [0.29, 0.717) is 5.69 Å². The Morgan fingerprint density at radius 3 is 2.08 bits per heavy atom. The molecule has 2 rings (SSSR count). The zero-order chi connectivity index (χ0) is 18.6. The molecular formula is C19H21NO4S. The van der Waals surface area contributed by atoms with Gasteiger partial charge in [-0.2, -0.15) is 0 Å². The Morgan fingerprint density at radius 1 is 1.04 bits per heavy atom. The lowest BCUT2D eigenvalue weighted by molar-refractivity contribution is 0.0697. The number of aromatic carboxylic acids is 1. The molecule has 2 aromatic rings. The van der Waals surface area contributed by atoms with Crippen molar-refractivity contribution in [1.29, 1.82) is 0 Å². The molecule has 0 saturated heterocycles. The number of rotatable bonds is 6. The van der Waals surface area contributed by atoms with Crippen LogP contribution in [0.3, 0.4) is 0 Å². The fraction of sp³-hybridized carbons (Fsp3) is 0.211. The third-order valence-corrected chi connectivity index (χ3v) is 5.48. The minimum atomic E-state index is -3.76. The van der Waals surface area contributed by atoms with Gasteiger partial charge in [0, 0.05) is 0 Å². The topological polar surface area (TPSA) is 74.7 Å². The standard InChI is InChI=1S/C19H21NO4S/c1-14(2)12-13-20(17-8-6-16(7-9-17)19(21)22)25(23,24)18-10-4-15(3)5-11-18/h4-12H,13H2,1-3H3,(H,21,22). The predicted octanol–water partition coefficient (Wildman–Crippen LogP) is 3.85. The molecule has 0 heterocycles. The molecule has 0 amide bonds. The second-order valence-electron chi connectivity index (χ2n) is 5.98. The first-order valence-corrected chi connectivity index (χ1v) is 9.22. The van der Waals surface area contributed by atoms with Gasteiger partial charge in [-0.15, -0.1) is 0 Å². The first-order chi connectivity index (χ1) is 11.7. The van der Waals surface area contributed by atoms with Gasteiger partial charge in [-0.3, -0.25) is 4.31 Å². The van der Waals surface area contributed by atoms with Crippen LogP contribution < -0.4 is 4.31 Å². The fourth-order valence-corrected chi connectivity index (χ4v) is 3.62. The van der Waals surface area contributed by atoms with Gasteiger partial charge in [-0.25, -0.2) is 13.2 Å². The lowest BCUT2D eigenvalue weighted by Gasteiger charge is -2.23. The summed E-state index contributed by atoms with van der Waals surface area (Å²) < 4.78 is 27.4. The van der Waals surface area contributed by atoms with E-state index in [1.165, 1.54) is 28.6 Å². The fourth-order valence-electron chi connectivity index (χ4n) is 2.22. The van der Waals surface area contributed by atoms with Crippen molar-refractivity contribution < 1.29 is 18.3 Å². The monoisotopic (exact) mass is 359 g/mol. The zero-order valence-corrected chi connectivity index (χ0v) is 15.2. The second-order valence-corrected chi connectivity index (χ2v) is 7.85. The number of anilines is 1. The number of carbonyl (C=O) groups is 1. The van der Waals surface area contributed by atoms with Crippen molar-refractivity contribution in [2.75, 3.05) is 10.8 Å². The maximum Gasteiger partial charge on any atom is 0.335 e. The van der Waals surface area contributed by atoms with Crippen LogP contribution in [0.2, 0.25) is 0 Å². The van der Waals surface area contributed by atoms with Crippen molar-refractivity contribution >= 4 is 21.7 Å². The van der Waals surface area contributed by atoms with Crippen LogP contribution in [-0.2, 0) is 10.0 Å². The normalized spacial score (nSPS) is 11.0. The Morgan fingerprint density at radius 2 is 1.60 bits per heavy atom. The van der Waals surface area contributed by atoms with E-state index in [0.717, 1.165) is 11.1 Å². The van der Waals surface area contributed by atoms with Crippen molar-refractivity contribution in [3.8, 4) is 0 Å². The van der Waals surface area contributed by atoms with Crippen LogP contribution in [0.4, 0.5) is 5.69 Å². The van der Waals surface area contributed by atoms with Gasteiger partial charge < -0.3 is 5.11 Å². The molecule has 1 N–H and O–H groups in total. The number of nitrogens with zero attached hydrogens (tertiary/aromatic N) is 1. The Bertz CT molecular complexity index is 878. The molecule has 0 bridgehead atoms. The predicted molar refractivity (Wildman–Crippen MR) is 98.5 cm³/mol. The molecular weight excluding hydrogens is 338 g/mol. The molecule has 0 aromatic heterocycles. The smallest absolute Gasteiger partial charge is 0.335 e. The van der Waals surface area contributed by atoms with E-state index in [1.54, 1.807) is 24.3 Å². The van der Waals surface area contributed by atoms with Crippen LogP contribution in [0.25, 0.3) is 0 Å². The summed E-state index contributed by atoms with van der Waals surface area (Å²) in [5.41, 5.74) is 2.49. The van der Waals surface area contributed by atoms with Crippen LogP contribution in [0.1, 0.15) is 29.8 Å². The third-order valence-electron chi connectivity index (χ3n) is 3.68. The van der Waals surface area contributed by atoms with Crippen LogP contribution in [0, 0.1) is 6.92 Å². The lowest BCUT2D eigenvalue weighted by atomic mass is 10.2.